The number of hydrogen-bond donors (Lipinski definition) is 20. The Kier molecular flexibility index (Phi) is 37.5. The molecule has 0 radical (unpaired) electrons. The van der Waals surface area contributed by atoms with Gasteiger partial charge in [-0.25, -0.2) is 4.79 Å². The Labute approximate surface area is 618 Å². The lowest BCUT2D eigenvalue weighted by Gasteiger charge is -2.30. The number of primary amides is 2. The number of hydrogen-bond acceptors (Lipinski definition) is 21. The number of carboxylic acid groups (broad SMARTS) is 4. The molecule has 2 aromatic rings. The number of H-pyrrole nitrogens is 1. The molecule has 1 aromatic heterocycles. The number of aliphatic carboxylic acids is 4. The van der Waals surface area contributed by atoms with Crippen molar-refractivity contribution in [3.8, 4) is 0 Å². The van der Waals surface area contributed by atoms with Gasteiger partial charge in [-0.2, -0.15) is 0 Å². The van der Waals surface area contributed by atoms with E-state index < -0.39 is 255 Å². The summed E-state index contributed by atoms with van der Waals surface area (Å²) in [5.41, 5.74) is 12.1. The van der Waals surface area contributed by atoms with Crippen LogP contribution in [0.2, 0.25) is 0 Å². The zero-order chi connectivity index (χ0) is 81.2. The number of ether oxygens (including phenoxy) is 1. The zero-order valence-corrected chi connectivity index (χ0v) is 60.7. The molecule has 0 bridgehead atoms. The summed E-state index contributed by atoms with van der Waals surface area (Å²) in [7, 11) is 0. The first kappa shape index (κ1) is 90.4. The first-order chi connectivity index (χ1) is 50.7. The second kappa shape index (κ2) is 44.8. The normalized spacial score (nSPS) is 22.1. The summed E-state index contributed by atoms with van der Waals surface area (Å²) in [6.45, 7) is 7.76. The van der Waals surface area contributed by atoms with Crippen LogP contribution in [0, 0.1) is 11.8 Å². The van der Waals surface area contributed by atoms with E-state index in [1.807, 2.05) is 10.6 Å². The van der Waals surface area contributed by atoms with Gasteiger partial charge < -0.3 is 111 Å². The fourth-order valence-corrected chi connectivity index (χ4v) is 10.7. The van der Waals surface area contributed by atoms with E-state index in [1.54, 1.807) is 30.5 Å². The number of amides is 15. The number of unbranched alkanes of at least 4 members (excludes halogenated alkanes) is 3. The van der Waals surface area contributed by atoms with Gasteiger partial charge in [-0.1, -0.05) is 84.4 Å². The molecule has 108 heavy (non-hydrogen) atoms. The van der Waals surface area contributed by atoms with Crippen molar-refractivity contribution in [2.24, 2.45) is 23.3 Å². The maximum atomic E-state index is 14.6. The van der Waals surface area contributed by atoms with Gasteiger partial charge in [0.15, 0.2) is 0 Å². The quantitative estimate of drug-likeness (QED) is 0.0240. The molecule has 0 spiro atoms. The minimum absolute atomic E-state index is 0.00158. The van der Waals surface area contributed by atoms with Gasteiger partial charge in [-0.3, -0.25) is 91.1 Å². The molecular formula is C67H98N16O25. The third-order valence-electron chi connectivity index (χ3n) is 17.2. The van der Waals surface area contributed by atoms with Crippen LogP contribution in [0.4, 0.5) is 0 Å². The minimum Gasteiger partial charge on any atom is -0.481 e. The van der Waals surface area contributed by atoms with Crippen LogP contribution in [0.5, 0.6) is 0 Å². The van der Waals surface area contributed by atoms with Crippen LogP contribution in [0.1, 0.15) is 150 Å². The lowest BCUT2D eigenvalue weighted by atomic mass is 9.98. The van der Waals surface area contributed by atoms with Gasteiger partial charge in [-0.15, -0.1) is 0 Å². The van der Waals surface area contributed by atoms with Crippen molar-refractivity contribution < 1.29 is 121 Å². The van der Waals surface area contributed by atoms with Crippen molar-refractivity contribution in [3.63, 3.8) is 0 Å². The minimum atomic E-state index is -2.31. The van der Waals surface area contributed by atoms with E-state index in [-0.39, 0.29) is 19.3 Å². The van der Waals surface area contributed by atoms with Crippen molar-refractivity contribution >= 4 is 129 Å². The topological polar surface area (TPSA) is 656 Å². The molecule has 0 saturated carbocycles. The van der Waals surface area contributed by atoms with Crippen LogP contribution in [-0.2, 0) is 107 Å². The van der Waals surface area contributed by atoms with Gasteiger partial charge in [0.1, 0.15) is 72.6 Å². The van der Waals surface area contributed by atoms with Gasteiger partial charge in [0.05, 0.1) is 45.2 Å². The van der Waals surface area contributed by atoms with Crippen molar-refractivity contribution in [3.05, 3.63) is 36.0 Å². The smallest absolute Gasteiger partial charge is 0.329 e. The number of benzene rings is 1. The first-order valence-corrected chi connectivity index (χ1v) is 34.8. The average molecular weight is 1530 g/mol. The average Bonchev–Trinajstić information content (AvgIpc) is 1.53. The van der Waals surface area contributed by atoms with Gasteiger partial charge in [0.25, 0.3) is 0 Å². The molecule has 15 amide bonds. The van der Waals surface area contributed by atoms with Gasteiger partial charge >= 0.3 is 29.8 Å². The maximum absolute atomic E-state index is 14.6. The number of fused-ring (bicyclic) bond motifs is 1. The largest absolute Gasteiger partial charge is 0.481 e. The molecule has 596 valence electrons. The van der Waals surface area contributed by atoms with E-state index in [2.05, 4.69) is 77.3 Å². The van der Waals surface area contributed by atoms with Crippen LogP contribution in [0.3, 0.4) is 0 Å². The van der Waals surface area contributed by atoms with E-state index in [1.165, 1.54) is 13.8 Å². The second-order valence-electron chi connectivity index (χ2n) is 26.1. The highest BCUT2D eigenvalue weighted by Gasteiger charge is 2.40. The lowest BCUT2D eigenvalue weighted by molar-refractivity contribution is -0.157. The predicted molar refractivity (Wildman–Crippen MR) is 374 cm³/mol. The Morgan fingerprint density at radius 3 is 1.63 bits per heavy atom. The molecule has 41 nitrogen and oxygen atoms in total. The molecule has 14 unspecified atom stereocenters. The highest BCUT2D eigenvalue weighted by Crippen LogP contribution is 2.21. The van der Waals surface area contributed by atoms with Crippen LogP contribution in [-0.4, -0.2) is 230 Å². The summed E-state index contributed by atoms with van der Waals surface area (Å²) >= 11 is 0. The van der Waals surface area contributed by atoms with E-state index in [0.717, 1.165) is 46.5 Å². The van der Waals surface area contributed by atoms with Gasteiger partial charge in [0, 0.05) is 36.4 Å². The number of carboxylic acids is 4. The number of aromatic nitrogens is 1. The van der Waals surface area contributed by atoms with E-state index in [9.17, 15) is 116 Å². The SMILES string of the molecule is CCC(C)CCCCCCC(=O)NC(Cc1c[nH]c2ccccc12)C(=O)NC(CC(N)=O)C(=O)NC(CC(=O)O)C(=O)NC1C(=O)NCC(=O)NC(C)C(=O)NC(CC(=O)O)C(=O)NC(C)C(=O)NC(CC(=O)O)C(=O)NCC(=O)NC(CC(N)=O)C(=O)NC(CCC(=O)O)C(=O)NC(C(C)CC)C(=O)OC1C. The summed E-state index contributed by atoms with van der Waals surface area (Å²) in [6, 6.07) is -14.6. The third kappa shape index (κ3) is 31.9. The molecule has 14 atom stereocenters. The molecule has 22 N–H and O–H groups in total. The molecule has 2 heterocycles. The first-order valence-electron chi connectivity index (χ1n) is 34.8. The molecule has 41 heteroatoms. The number of nitrogens with two attached hydrogens (primary N) is 2. The summed E-state index contributed by atoms with van der Waals surface area (Å²) in [5.74, 6) is -27.8. The number of cyclic esters (lactones) is 1. The molecular weight excluding hydrogens is 1430 g/mol. The van der Waals surface area contributed by atoms with E-state index in [0.29, 0.717) is 35.2 Å². The van der Waals surface area contributed by atoms with E-state index in [4.69, 9.17) is 16.2 Å². The van der Waals surface area contributed by atoms with Crippen molar-refractivity contribution in [2.45, 2.75) is 224 Å². The molecule has 1 aromatic carbocycles. The number of carbonyl (C=O) groups is 20. The number of aromatic amines is 1. The zero-order valence-electron chi connectivity index (χ0n) is 60.7. The van der Waals surface area contributed by atoms with Crippen LogP contribution in [0.25, 0.3) is 10.9 Å². The van der Waals surface area contributed by atoms with Crippen molar-refractivity contribution in [1.29, 1.82) is 0 Å². The summed E-state index contributed by atoms with van der Waals surface area (Å²) in [4.78, 5) is 271. The molecule has 1 saturated heterocycles. The number of nitrogens with one attached hydrogen (secondary N) is 14. The van der Waals surface area contributed by atoms with Crippen LogP contribution < -0.4 is 80.6 Å². The standard InChI is InChI=1S/C67H98N16O25/c1-8-31(3)16-12-10-11-13-19-48(86)75-40(22-36-28-70-38-18-15-14-17-37(36)38)62(102)80-42(24-47(69)85)64(104)81-45(27-54(95)96)65(105)83-56-35(7)108-67(107)55(32(4)9-2)82-60(100)39(20-21-51(89)90)77-63(103)41(23-46(68)84)76-50(88)30-71-59(99)43(25-52(91)92)78-58(98)34(6)74-61(101)44(26-53(93)94)79-57(97)33(5)73-49(87)29-72-66(56)106/h14-15,17-18,28,31-35,39-45,55-56,70H,8-13,16,19-27,29-30H2,1-7H3,(H2,68,84)(H2,69,85)(H,71,99)(H,72,106)(H,73,87)(H,74,101)(H,75,86)(H,76,88)(H,77,103)(H,78,98)(H,79,97)(H,80,102)(H,81,104)(H,82,100)(H,83,105)(H,89,90)(H,91,92)(H,93,94)(H,95,96). The van der Waals surface area contributed by atoms with Crippen molar-refractivity contribution in [1.82, 2.24) is 74.1 Å². The fraction of sp³-hybridized carbons (Fsp3) is 0.582. The Morgan fingerprint density at radius 2 is 1.06 bits per heavy atom. The molecule has 3 rings (SSSR count). The molecule has 1 fully saturated rings. The Morgan fingerprint density at radius 1 is 0.528 bits per heavy atom. The summed E-state index contributed by atoms with van der Waals surface area (Å²) in [6.07, 6.45) is -3.06. The number of carbonyl (C=O) groups excluding carboxylic acids is 16. The molecule has 0 aliphatic carbocycles. The third-order valence-corrected chi connectivity index (χ3v) is 17.2. The second-order valence-corrected chi connectivity index (χ2v) is 26.1. The van der Waals surface area contributed by atoms with Gasteiger partial charge in [0.2, 0.25) is 88.6 Å². The van der Waals surface area contributed by atoms with Gasteiger partial charge in [-0.05, 0) is 57.1 Å². The molecule has 1 aliphatic heterocycles. The summed E-state index contributed by atoms with van der Waals surface area (Å²) < 4.78 is 5.67. The number of esters is 1. The van der Waals surface area contributed by atoms with Crippen molar-refractivity contribution in [2.75, 3.05) is 13.1 Å². The Hall–Kier alpha value is -11.8. The van der Waals surface area contributed by atoms with E-state index >= 15 is 0 Å². The fourth-order valence-electron chi connectivity index (χ4n) is 10.7. The van der Waals surface area contributed by atoms with Crippen LogP contribution >= 0.6 is 0 Å². The maximum Gasteiger partial charge on any atom is 0.329 e. The summed E-state index contributed by atoms with van der Waals surface area (Å²) in [5, 5.41) is 67.9. The van der Waals surface area contributed by atoms with Crippen LogP contribution in [0.15, 0.2) is 30.5 Å². The lowest BCUT2D eigenvalue weighted by Crippen LogP contribution is -2.61. The highest BCUT2D eigenvalue weighted by molar-refractivity contribution is 6.02. The highest BCUT2D eigenvalue weighted by atomic mass is 16.5. The predicted octanol–water partition coefficient (Wildman–Crippen LogP) is -5.27. The Balaban J connectivity index is 2.16. The number of rotatable bonds is 32. The number of para-hydroxylation sites is 1. The monoisotopic (exact) mass is 1530 g/mol. The Bertz CT molecular complexity index is 3640. The molecule has 1 aliphatic rings.